The van der Waals surface area contributed by atoms with Crippen LogP contribution < -0.4 is 4.74 Å². The summed E-state index contributed by atoms with van der Waals surface area (Å²) in [5.74, 6) is 3.46. The first kappa shape index (κ1) is 33.3. The van der Waals surface area contributed by atoms with E-state index in [1.807, 2.05) is 4.90 Å². The highest BCUT2D eigenvalue weighted by molar-refractivity contribution is 5.92. The van der Waals surface area contributed by atoms with Crippen LogP contribution in [0, 0.1) is 46.3 Å². The fourth-order valence-electron chi connectivity index (χ4n) is 11.1. The molecule has 46 heavy (non-hydrogen) atoms. The first-order chi connectivity index (χ1) is 21.9. The Morgan fingerprint density at radius 3 is 2.41 bits per heavy atom. The van der Waals surface area contributed by atoms with Gasteiger partial charge in [0.25, 0.3) is 0 Å². The van der Waals surface area contributed by atoms with Crippen molar-refractivity contribution in [3.8, 4) is 11.5 Å². The predicted molar refractivity (Wildman–Crippen MR) is 178 cm³/mol. The van der Waals surface area contributed by atoms with Crippen LogP contribution in [0.1, 0.15) is 90.5 Å². The van der Waals surface area contributed by atoms with Crippen LogP contribution in [-0.2, 0) is 9.59 Å². The summed E-state index contributed by atoms with van der Waals surface area (Å²) in [6.45, 7) is 9.48. The summed E-state index contributed by atoms with van der Waals surface area (Å²) in [5.41, 5.74) is 1.23. The van der Waals surface area contributed by atoms with E-state index < -0.39 is 0 Å². The van der Waals surface area contributed by atoms with Gasteiger partial charge in [0.2, 0.25) is 11.8 Å². The molecule has 8 heteroatoms. The average Bonchev–Trinajstić information content (AvgIpc) is 3.41. The molecule has 0 radical (unpaired) electrons. The molecule has 10 atom stereocenters. The molecular weight excluding hydrogens is 580 g/mol. The number of carbonyl (C=O) groups is 2. The van der Waals surface area contributed by atoms with Gasteiger partial charge in [-0.1, -0.05) is 26.8 Å². The predicted octanol–water partition coefficient (Wildman–Crippen LogP) is 5.49. The average molecular weight is 637 g/mol. The van der Waals surface area contributed by atoms with Gasteiger partial charge in [0.15, 0.2) is 11.5 Å². The van der Waals surface area contributed by atoms with Crippen molar-refractivity contribution in [2.24, 2.45) is 46.3 Å². The summed E-state index contributed by atoms with van der Waals surface area (Å²) in [7, 11) is 1.49. The number of carbonyl (C=O) groups excluding carboxylic acids is 2. The Morgan fingerprint density at radius 2 is 1.67 bits per heavy atom. The third-order valence-electron chi connectivity index (χ3n) is 13.8. The maximum absolute atomic E-state index is 13.3. The van der Waals surface area contributed by atoms with E-state index in [-0.39, 0.29) is 40.6 Å². The molecule has 4 aliphatic carbocycles. The molecule has 1 aromatic rings. The summed E-state index contributed by atoms with van der Waals surface area (Å²) in [6, 6.07) is 4.96. The van der Waals surface area contributed by atoms with Crippen molar-refractivity contribution in [2.75, 3.05) is 33.3 Å². The van der Waals surface area contributed by atoms with Crippen LogP contribution in [0.3, 0.4) is 0 Å². The molecule has 3 N–H and O–H groups in total. The first-order valence-electron chi connectivity index (χ1n) is 17.9. The second-order valence-electron chi connectivity index (χ2n) is 15.9. The minimum absolute atomic E-state index is 0.0589. The Bertz CT molecular complexity index is 1310. The third-order valence-corrected chi connectivity index (χ3v) is 13.8. The largest absolute Gasteiger partial charge is 0.504 e. The highest BCUT2D eigenvalue weighted by atomic mass is 16.5. The quantitative estimate of drug-likeness (QED) is 0.342. The Morgan fingerprint density at radius 1 is 0.978 bits per heavy atom. The molecule has 2 amide bonds. The molecule has 254 valence electrons. The summed E-state index contributed by atoms with van der Waals surface area (Å²) >= 11 is 0. The number of rotatable bonds is 7. The maximum Gasteiger partial charge on any atom is 0.246 e. The van der Waals surface area contributed by atoms with E-state index >= 15 is 0 Å². The zero-order chi connectivity index (χ0) is 32.8. The number of ether oxygens (including phenoxy) is 1. The maximum atomic E-state index is 13.3. The van der Waals surface area contributed by atoms with Crippen molar-refractivity contribution in [2.45, 2.75) is 97.2 Å². The van der Waals surface area contributed by atoms with Gasteiger partial charge in [-0.15, -0.1) is 0 Å². The zero-order valence-corrected chi connectivity index (χ0v) is 28.4. The van der Waals surface area contributed by atoms with Gasteiger partial charge in [-0.05, 0) is 128 Å². The van der Waals surface area contributed by atoms with E-state index in [4.69, 9.17) is 4.74 Å². The molecule has 1 aromatic carbocycles. The molecule has 0 unspecified atom stereocenters. The minimum atomic E-state index is -0.258. The highest BCUT2D eigenvalue weighted by Gasteiger charge is 2.62. The van der Waals surface area contributed by atoms with Crippen LogP contribution >= 0.6 is 0 Å². The van der Waals surface area contributed by atoms with Crippen molar-refractivity contribution < 1.29 is 29.6 Å². The lowest BCUT2D eigenvalue weighted by Crippen LogP contribution is -2.58. The zero-order valence-electron chi connectivity index (χ0n) is 28.4. The molecule has 1 aliphatic heterocycles. The summed E-state index contributed by atoms with van der Waals surface area (Å²) in [4.78, 5) is 29.8. The number of phenolic OH excluding ortho intramolecular Hbond substituents is 1. The van der Waals surface area contributed by atoms with Gasteiger partial charge >= 0.3 is 0 Å². The van der Waals surface area contributed by atoms with Gasteiger partial charge in [0, 0.05) is 38.7 Å². The number of aromatic hydroxyl groups is 1. The lowest BCUT2D eigenvalue weighted by molar-refractivity contribution is -0.174. The number of nitrogens with zero attached hydrogens (tertiary/aromatic N) is 2. The Labute approximate surface area is 275 Å². The summed E-state index contributed by atoms with van der Waals surface area (Å²) < 4.78 is 5.15. The van der Waals surface area contributed by atoms with Crippen LogP contribution in [0.4, 0.5) is 0 Å². The van der Waals surface area contributed by atoms with Gasteiger partial charge in [-0.2, -0.15) is 0 Å². The van der Waals surface area contributed by atoms with Crippen molar-refractivity contribution >= 4 is 17.9 Å². The smallest absolute Gasteiger partial charge is 0.246 e. The number of fused-ring (bicyclic) bond motifs is 5. The van der Waals surface area contributed by atoms with Gasteiger partial charge in [0.1, 0.15) is 0 Å². The van der Waals surface area contributed by atoms with Gasteiger partial charge < -0.3 is 29.9 Å². The lowest BCUT2D eigenvalue weighted by Gasteiger charge is -2.62. The van der Waals surface area contributed by atoms with Crippen molar-refractivity contribution in [3.05, 3.63) is 29.8 Å². The number of aliphatic hydroxyl groups is 2. The third kappa shape index (κ3) is 6.09. The number of hydrogen-bond donors (Lipinski definition) is 3. The normalized spacial score (nSPS) is 38.2. The van der Waals surface area contributed by atoms with E-state index in [2.05, 4.69) is 20.8 Å². The molecule has 0 aromatic heterocycles. The van der Waals surface area contributed by atoms with Crippen molar-refractivity contribution in [1.82, 2.24) is 9.80 Å². The Hall–Kier alpha value is -2.58. The number of benzene rings is 1. The van der Waals surface area contributed by atoms with Gasteiger partial charge in [-0.3, -0.25) is 9.59 Å². The fraction of sp³-hybridized carbons (Fsp3) is 0.737. The minimum Gasteiger partial charge on any atom is -0.504 e. The first-order valence-corrected chi connectivity index (χ1v) is 17.9. The number of hydrogen-bond acceptors (Lipinski definition) is 6. The molecule has 1 heterocycles. The molecule has 8 nitrogen and oxygen atoms in total. The molecule has 0 spiro atoms. The van der Waals surface area contributed by atoms with Crippen LogP contribution in [0.5, 0.6) is 11.5 Å². The summed E-state index contributed by atoms with van der Waals surface area (Å²) in [5, 5.41) is 31.7. The number of methoxy groups -OCH3 is 1. The lowest BCUT2D eigenvalue weighted by atomic mass is 9.43. The molecule has 5 fully saturated rings. The van der Waals surface area contributed by atoms with Crippen molar-refractivity contribution in [3.63, 3.8) is 0 Å². The van der Waals surface area contributed by atoms with Gasteiger partial charge in [0.05, 0.1) is 19.3 Å². The SMILES string of the molecule is COc1cc(/C=C/C(=O)N2CCN(C(=O)CC[C@@H](C)[C@H]3CC[C@H]4[C@@H]5[C@@H](O)C[C@@H]6C[C@H](O)CC[C@]6(C)[C@H]5CC[C@]34C)CC2)ccc1O. The second-order valence-corrected chi connectivity index (χ2v) is 15.9. The molecule has 0 bridgehead atoms. The number of piperazine rings is 1. The van der Waals surface area contributed by atoms with Crippen molar-refractivity contribution in [1.29, 1.82) is 0 Å². The second kappa shape index (κ2) is 13.1. The standard InChI is InChI=1S/C38H56N2O6/c1-24(5-11-34(44)39-17-19-40(20-18-39)35(45)12-7-25-6-10-31(42)33(21-25)46-4)28-8-9-29-36-30(14-16-38(28,29)3)37(2)15-13-27(41)22-26(37)23-32(36)43/h6-7,10,12,21,24,26-30,32,36,41-43H,5,8-9,11,13-20,22-23H2,1-4H3/b12-7+/t24-,26+,27-,28-,29+,30+,32+,36+,37+,38-/m1/s1. The highest BCUT2D eigenvalue weighted by Crippen LogP contribution is 2.68. The van der Waals surface area contributed by atoms with Crippen LogP contribution in [-0.4, -0.2) is 82.4 Å². The fourth-order valence-corrected chi connectivity index (χ4v) is 11.1. The van der Waals surface area contributed by atoms with E-state index in [9.17, 15) is 24.9 Å². The van der Waals surface area contributed by atoms with Crippen LogP contribution in [0.15, 0.2) is 24.3 Å². The van der Waals surface area contributed by atoms with E-state index in [1.54, 1.807) is 35.3 Å². The monoisotopic (exact) mass is 636 g/mol. The van der Waals surface area contributed by atoms with E-state index in [0.717, 1.165) is 37.7 Å². The molecule has 5 aliphatic rings. The van der Waals surface area contributed by atoms with Gasteiger partial charge in [-0.25, -0.2) is 0 Å². The molecular formula is C38H56N2O6. The van der Waals surface area contributed by atoms with E-state index in [1.165, 1.54) is 32.8 Å². The number of phenols is 1. The Balaban J connectivity index is 0.993. The topological polar surface area (TPSA) is 111 Å². The van der Waals surface area contributed by atoms with Crippen LogP contribution in [0.25, 0.3) is 6.08 Å². The van der Waals surface area contributed by atoms with E-state index in [0.29, 0.717) is 73.9 Å². The number of aliphatic hydroxyl groups excluding tert-OH is 2. The molecule has 6 rings (SSSR count). The Kier molecular flexibility index (Phi) is 9.52. The molecule has 1 saturated heterocycles. The van der Waals surface area contributed by atoms with Crippen LogP contribution in [0.2, 0.25) is 0 Å². The summed E-state index contributed by atoms with van der Waals surface area (Å²) in [6.07, 6.45) is 12.7. The molecule has 4 saturated carbocycles. The number of amides is 2.